The van der Waals surface area contributed by atoms with Gasteiger partial charge in [0, 0.05) is 11.8 Å². The van der Waals surface area contributed by atoms with Crippen LogP contribution in [0.1, 0.15) is 0 Å². The van der Waals surface area contributed by atoms with Gasteiger partial charge < -0.3 is 10.1 Å². The minimum atomic E-state index is 0.242. The second kappa shape index (κ2) is 3.34. The van der Waals surface area contributed by atoms with Crippen molar-refractivity contribution in [3.8, 4) is 16.9 Å². The molecule has 1 aromatic carbocycles. The molecule has 4 nitrogen and oxygen atoms in total. The predicted molar refractivity (Wildman–Crippen MR) is 59.8 cm³/mol. The minimum Gasteiger partial charge on any atom is -0.508 e. The zero-order valence-electron chi connectivity index (χ0n) is 8.31. The number of pyridine rings is 1. The Labute approximate surface area is 91.6 Å². The van der Waals surface area contributed by atoms with Crippen molar-refractivity contribution in [2.75, 3.05) is 0 Å². The van der Waals surface area contributed by atoms with Gasteiger partial charge in [0.25, 0.3) is 0 Å². The van der Waals surface area contributed by atoms with Crippen molar-refractivity contribution in [3.63, 3.8) is 0 Å². The molecule has 4 heteroatoms. The number of phenolic OH excluding ortho intramolecular Hbond substituents is 1. The molecule has 0 spiro atoms. The average Bonchev–Trinajstić information content (AvgIpc) is 2.75. The number of hydrogen-bond donors (Lipinski definition) is 2. The number of imidazole rings is 1. The van der Waals surface area contributed by atoms with E-state index in [0.717, 1.165) is 16.6 Å². The number of aromatic hydroxyl groups is 1. The maximum atomic E-state index is 9.40. The second-order valence-electron chi connectivity index (χ2n) is 3.49. The molecule has 77 valence electrons. The molecular formula is C12H8N3O. The Morgan fingerprint density at radius 2 is 2.12 bits per heavy atom. The van der Waals surface area contributed by atoms with Crippen molar-refractivity contribution in [2.45, 2.75) is 0 Å². The Morgan fingerprint density at radius 1 is 1.19 bits per heavy atom. The zero-order valence-corrected chi connectivity index (χ0v) is 8.31. The number of benzene rings is 1. The summed E-state index contributed by atoms with van der Waals surface area (Å²) in [7, 11) is 0. The molecule has 1 radical (unpaired) electrons. The van der Waals surface area contributed by atoms with E-state index in [0.29, 0.717) is 5.65 Å². The third-order valence-electron chi connectivity index (χ3n) is 2.40. The van der Waals surface area contributed by atoms with Crippen LogP contribution in [0.5, 0.6) is 5.75 Å². The lowest BCUT2D eigenvalue weighted by Crippen LogP contribution is -1.81. The van der Waals surface area contributed by atoms with Crippen LogP contribution in [-0.4, -0.2) is 20.1 Å². The molecule has 0 unspecified atom stereocenters. The van der Waals surface area contributed by atoms with Gasteiger partial charge in [-0.3, -0.25) is 0 Å². The third-order valence-corrected chi connectivity index (χ3v) is 2.40. The summed E-state index contributed by atoms with van der Waals surface area (Å²) in [6, 6.07) is 8.95. The molecular weight excluding hydrogens is 202 g/mol. The first-order valence-corrected chi connectivity index (χ1v) is 4.84. The van der Waals surface area contributed by atoms with E-state index < -0.39 is 0 Å². The summed E-state index contributed by atoms with van der Waals surface area (Å²) in [5, 5.41) is 9.40. The molecule has 0 aliphatic heterocycles. The monoisotopic (exact) mass is 210 g/mol. The van der Waals surface area contributed by atoms with Crippen molar-refractivity contribution in [2.24, 2.45) is 0 Å². The first-order valence-electron chi connectivity index (χ1n) is 4.84. The van der Waals surface area contributed by atoms with E-state index in [1.165, 1.54) is 0 Å². The summed E-state index contributed by atoms with van der Waals surface area (Å²) < 4.78 is 0. The number of aromatic amines is 1. The predicted octanol–water partition coefficient (Wildman–Crippen LogP) is 2.13. The van der Waals surface area contributed by atoms with E-state index >= 15 is 0 Å². The maximum Gasteiger partial charge on any atom is 0.175 e. The molecule has 2 N–H and O–H groups in total. The molecule has 3 aromatic rings. The minimum absolute atomic E-state index is 0.242. The van der Waals surface area contributed by atoms with E-state index in [2.05, 4.69) is 21.3 Å². The zero-order chi connectivity index (χ0) is 11.0. The highest BCUT2D eigenvalue weighted by atomic mass is 16.3. The lowest BCUT2D eigenvalue weighted by molar-refractivity contribution is 0.475. The SMILES string of the molecule is Oc1cccc(-c2cnc3[nH][c]nc3c2)c1. The Balaban J connectivity index is 2.18. The molecule has 2 aromatic heterocycles. The fraction of sp³-hybridized carbons (Fsp3) is 0. The number of phenols is 1. The Hall–Kier alpha value is -2.36. The van der Waals surface area contributed by atoms with Gasteiger partial charge >= 0.3 is 0 Å². The Bertz CT molecular complexity index is 645. The molecule has 16 heavy (non-hydrogen) atoms. The lowest BCUT2D eigenvalue weighted by atomic mass is 10.1. The number of rotatable bonds is 1. The molecule has 0 bridgehead atoms. The van der Waals surface area contributed by atoms with E-state index in [-0.39, 0.29) is 5.75 Å². The standard InChI is InChI=1S/C12H8N3O/c16-10-3-1-2-8(4-10)9-5-11-12(13-6-9)15-7-14-11/h1-6,16H,(H,13,14,15). The van der Waals surface area contributed by atoms with Gasteiger partial charge in [0.05, 0.1) is 0 Å². The number of aromatic nitrogens is 3. The lowest BCUT2D eigenvalue weighted by Gasteiger charge is -2.01. The fourth-order valence-corrected chi connectivity index (χ4v) is 1.62. The van der Waals surface area contributed by atoms with Gasteiger partial charge in [-0.05, 0) is 23.8 Å². The largest absolute Gasteiger partial charge is 0.508 e. The smallest absolute Gasteiger partial charge is 0.175 e. The van der Waals surface area contributed by atoms with E-state index in [1.807, 2.05) is 12.1 Å². The van der Waals surface area contributed by atoms with Crippen LogP contribution >= 0.6 is 0 Å². The first kappa shape index (κ1) is 8.91. The van der Waals surface area contributed by atoms with Crippen molar-refractivity contribution in [3.05, 3.63) is 42.9 Å². The maximum absolute atomic E-state index is 9.40. The highest BCUT2D eigenvalue weighted by Gasteiger charge is 2.03. The topological polar surface area (TPSA) is 61.8 Å². The van der Waals surface area contributed by atoms with Gasteiger partial charge in [0.2, 0.25) is 0 Å². The van der Waals surface area contributed by atoms with E-state index in [1.54, 1.807) is 24.4 Å². The summed E-state index contributed by atoms with van der Waals surface area (Å²) in [6.07, 6.45) is 4.38. The summed E-state index contributed by atoms with van der Waals surface area (Å²) in [5.41, 5.74) is 3.31. The number of hydrogen-bond acceptors (Lipinski definition) is 3. The molecule has 0 saturated carbocycles. The van der Waals surface area contributed by atoms with Crippen molar-refractivity contribution >= 4 is 11.2 Å². The van der Waals surface area contributed by atoms with E-state index in [9.17, 15) is 5.11 Å². The van der Waals surface area contributed by atoms with Crippen LogP contribution in [0.15, 0.2) is 36.5 Å². The van der Waals surface area contributed by atoms with Crippen LogP contribution < -0.4 is 0 Å². The second-order valence-corrected chi connectivity index (χ2v) is 3.49. The first-order chi connectivity index (χ1) is 7.83. The highest BCUT2D eigenvalue weighted by molar-refractivity contribution is 5.77. The molecule has 3 rings (SSSR count). The quantitative estimate of drug-likeness (QED) is 0.646. The summed E-state index contributed by atoms with van der Waals surface area (Å²) in [5.74, 6) is 0.242. The van der Waals surface area contributed by atoms with Crippen molar-refractivity contribution < 1.29 is 5.11 Å². The van der Waals surface area contributed by atoms with Gasteiger partial charge in [-0.1, -0.05) is 12.1 Å². The molecule has 0 aliphatic rings. The van der Waals surface area contributed by atoms with Crippen molar-refractivity contribution in [1.82, 2.24) is 15.0 Å². The summed E-state index contributed by atoms with van der Waals surface area (Å²) >= 11 is 0. The van der Waals surface area contributed by atoms with Crippen LogP contribution in [-0.2, 0) is 0 Å². The summed E-state index contributed by atoms with van der Waals surface area (Å²) in [4.78, 5) is 11.1. The molecule has 0 atom stereocenters. The highest BCUT2D eigenvalue weighted by Crippen LogP contribution is 2.24. The van der Waals surface area contributed by atoms with E-state index in [4.69, 9.17) is 0 Å². The van der Waals surface area contributed by atoms with Crippen molar-refractivity contribution in [1.29, 1.82) is 0 Å². The number of fused-ring (bicyclic) bond motifs is 1. The number of nitrogens with zero attached hydrogens (tertiary/aromatic N) is 2. The fourth-order valence-electron chi connectivity index (χ4n) is 1.62. The molecule has 2 heterocycles. The Kier molecular flexibility index (Phi) is 1.86. The van der Waals surface area contributed by atoms with Crippen LogP contribution in [0.2, 0.25) is 0 Å². The van der Waals surface area contributed by atoms with Gasteiger partial charge in [-0.15, -0.1) is 0 Å². The van der Waals surface area contributed by atoms with Crippen LogP contribution in [0.4, 0.5) is 0 Å². The molecule has 0 saturated heterocycles. The third kappa shape index (κ3) is 1.40. The van der Waals surface area contributed by atoms with Gasteiger partial charge in [-0.2, -0.15) is 0 Å². The van der Waals surface area contributed by atoms with Crippen LogP contribution in [0.3, 0.4) is 0 Å². The van der Waals surface area contributed by atoms with Gasteiger partial charge in [0.15, 0.2) is 12.0 Å². The Morgan fingerprint density at radius 3 is 3.00 bits per heavy atom. The molecule has 0 amide bonds. The molecule has 0 aliphatic carbocycles. The number of H-pyrrole nitrogens is 1. The normalized spacial score (nSPS) is 10.8. The van der Waals surface area contributed by atoms with Crippen LogP contribution in [0.25, 0.3) is 22.3 Å². The summed E-state index contributed by atoms with van der Waals surface area (Å²) in [6.45, 7) is 0. The molecule has 0 fully saturated rings. The van der Waals surface area contributed by atoms with Gasteiger partial charge in [-0.25, -0.2) is 9.97 Å². The number of nitrogens with one attached hydrogen (secondary N) is 1. The average molecular weight is 210 g/mol. The van der Waals surface area contributed by atoms with Gasteiger partial charge in [0.1, 0.15) is 11.3 Å². The van der Waals surface area contributed by atoms with Crippen LogP contribution in [0, 0.1) is 6.33 Å².